The third-order valence-electron chi connectivity index (χ3n) is 3.42. The van der Waals surface area contributed by atoms with Gasteiger partial charge in [-0.05, 0) is 30.0 Å². The Kier molecular flexibility index (Phi) is 7.42. The van der Waals surface area contributed by atoms with Gasteiger partial charge in [0.2, 0.25) is 10.0 Å². The fourth-order valence-electron chi connectivity index (χ4n) is 2.16. The van der Waals surface area contributed by atoms with E-state index >= 15 is 0 Å². The van der Waals surface area contributed by atoms with Crippen molar-refractivity contribution in [3.05, 3.63) is 51.8 Å². The number of guanidine groups is 1. The smallest absolute Gasteiger partial charge is 0.250 e. The van der Waals surface area contributed by atoms with Crippen LogP contribution in [-0.4, -0.2) is 34.5 Å². The Morgan fingerprint density at radius 3 is 2.64 bits per heavy atom. The molecule has 25 heavy (non-hydrogen) atoms. The van der Waals surface area contributed by atoms with E-state index in [1.807, 2.05) is 31.2 Å². The largest absolute Gasteiger partial charge is 0.355 e. The first-order chi connectivity index (χ1) is 11.9. The molecule has 0 saturated heterocycles. The van der Waals surface area contributed by atoms with E-state index in [4.69, 9.17) is 0 Å². The maximum Gasteiger partial charge on any atom is 0.250 e. The number of halogens is 1. The molecule has 2 aromatic rings. The molecule has 1 heterocycles. The monoisotopic (exact) mass is 444 g/mol. The first-order valence-corrected chi connectivity index (χ1v) is 10.8. The highest BCUT2D eigenvalue weighted by molar-refractivity contribution is 9.10. The molecule has 1 aromatic heterocycles. The van der Waals surface area contributed by atoms with Crippen LogP contribution in [0, 0.1) is 0 Å². The number of nitrogens with zero attached hydrogens (tertiary/aromatic N) is 1. The summed E-state index contributed by atoms with van der Waals surface area (Å²) in [4.78, 5) is 4.17. The van der Waals surface area contributed by atoms with Crippen LogP contribution in [0.2, 0.25) is 0 Å². The fourth-order valence-corrected chi connectivity index (χ4v) is 4.86. The van der Waals surface area contributed by atoms with Gasteiger partial charge in [0.15, 0.2) is 5.96 Å². The molecule has 0 bridgehead atoms. The number of sulfonamides is 1. The predicted molar refractivity (Wildman–Crippen MR) is 107 cm³/mol. The average Bonchev–Trinajstić information content (AvgIpc) is 3.13. The molecule has 3 N–H and O–H groups in total. The van der Waals surface area contributed by atoms with Crippen LogP contribution in [0.15, 0.2) is 55.5 Å². The Morgan fingerprint density at radius 2 is 2.00 bits per heavy atom. The summed E-state index contributed by atoms with van der Waals surface area (Å²) in [5.74, 6) is 0.610. The number of hydrogen-bond donors (Lipinski definition) is 3. The second-order valence-corrected chi connectivity index (χ2v) is 9.01. The topological polar surface area (TPSA) is 82.6 Å². The molecule has 1 unspecified atom stereocenters. The number of hydrogen-bond acceptors (Lipinski definition) is 4. The number of aliphatic imine (C=N–C) groups is 1. The molecule has 6 nitrogen and oxygen atoms in total. The van der Waals surface area contributed by atoms with E-state index < -0.39 is 10.0 Å². The molecule has 2 rings (SSSR count). The second kappa shape index (κ2) is 9.33. The van der Waals surface area contributed by atoms with Crippen molar-refractivity contribution in [3.63, 3.8) is 0 Å². The number of rotatable bonds is 7. The van der Waals surface area contributed by atoms with E-state index in [2.05, 4.69) is 36.3 Å². The Balaban J connectivity index is 1.82. The lowest BCUT2D eigenvalue weighted by Gasteiger charge is -2.19. The summed E-state index contributed by atoms with van der Waals surface area (Å²) in [6.45, 7) is 2.73. The maximum absolute atomic E-state index is 12.0. The van der Waals surface area contributed by atoms with Crippen LogP contribution in [0.3, 0.4) is 0 Å². The van der Waals surface area contributed by atoms with Crippen molar-refractivity contribution >= 4 is 43.2 Å². The molecule has 0 radical (unpaired) electrons. The zero-order valence-corrected chi connectivity index (χ0v) is 17.2. The van der Waals surface area contributed by atoms with Crippen LogP contribution in [0.5, 0.6) is 0 Å². The van der Waals surface area contributed by atoms with Crippen molar-refractivity contribution in [2.24, 2.45) is 4.99 Å². The van der Waals surface area contributed by atoms with Crippen LogP contribution in [-0.2, 0) is 10.0 Å². The highest BCUT2D eigenvalue weighted by Gasteiger charge is 2.14. The van der Waals surface area contributed by atoms with Crippen LogP contribution < -0.4 is 15.4 Å². The summed E-state index contributed by atoms with van der Waals surface area (Å²) in [6, 6.07) is 11.3. The van der Waals surface area contributed by atoms with Crippen molar-refractivity contribution < 1.29 is 8.42 Å². The van der Waals surface area contributed by atoms with E-state index in [1.165, 1.54) is 11.3 Å². The molecule has 9 heteroatoms. The van der Waals surface area contributed by atoms with Gasteiger partial charge < -0.3 is 10.6 Å². The standard InChI is InChI=1S/C16H21BrN4O2S2/c1-12(13-6-3-4-7-14(13)17)21-16(18-2)19-9-10-20-25(22,23)15-8-5-11-24-15/h3-8,11-12,20H,9-10H2,1-2H3,(H2,18,19,21). The number of nitrogens with one attached hydrogen (secondary N) is 3. The number of thiophene rings is 1. The summed E-state index contributed by atoms with van der Waals surface area (Å²) in [7, 11) is -1.75. The Morgan fingerprint density at radius 1 is 1.24 bits per heavy atom. The molecule has 1 aromatic carbocycles. The molecule has 0 amide bonds. The van der Waals surface area contributed by atoms with Crippen molar-refractivity contribution in [2.45, 2.75) is 17.2 Å². The molecule has 1 atom stereocenters. The third kappa shape index (κ3) is 5.81. The number of benzene rings is 1. The molecule has 0 saturated carbocycles. The Hall–Kier alpha value is -1.42. The van der Waals surface area contributed by atoms with E-state index in [0.717, 1.165) is 10.0 Å². The minimum Gasteiger partial charge on any atom is -0.355 e. The summed E-state index contributed by atoms with van der Waals surface area (Å²) in [6.07, 6.45) is 0. The quantitative estimate of drug-likeness (QED) is 0.348. The fraction of sp³-hybridized carbons (Fsp3) is 0.312. The molecular formula is C16H21BrN4O2S2. The molecule has 0 aliphatic rings. The molecule has 0 fully saturated rings. The molecule has 0 spiro atoms. The zero-order valence-electron chi connectivity index (χ0n) is 14.0. The van der Waals surface area contributed by atoms with Gasteiger partial charge in [-0.2, -0.15) is 0 Å². The van der Waals surface area contributed by atoms with E-state index in [0.29, 0.717) is 16.7 Å². The first-order valence-electron chi connectivity index (χ1n) is 7.69. The summed E-state index contributed by atoms with van der Waals surface area (Å²) in [5.41, 5.74) is 1.11. The highest BCUT2D eigenvalue weighted by Crippen LogP contribution is 2.22. The van der Waals surface area contributed by atoms with Crippen molar-refractivity contribution in [1.82, 2.24) is 15.4 Å². The van der Waals surface area contributed by atoms with Crippen molar-refractivity contribution in [2.75, 3.05) is 20.1 Å². The van der Waals surface area contributed by atoms with Crippen LogP contribution in [0.1, 0.15) is 18.5 Å². The van der Waals surface area contributed by atoms with Crippen LogP contribution >= 0.6 is 27.3 Å². The SMILES string of the molecule is CN=C(NCCNS(=O)(=O)c1cccs1)NC(C)c1ccccc1Br. The Bertz CT molecular complexity index is 807. The summed E-state index contributed by atoms with van der Waals surface area (Å²) >= 11 is 4.73. The third-order valence-corrected chi connectivity index (χ3v) is 7.00. The van der Waals surface area contributed by atoms with Crippen molar-refractivity contribution in [1.29, 1.82) is 0 Å². The van der Waals surface area contributed by atoms with E-state index in [1.54, 1.807) is 24.6 Å². The normalized spacial score (nSPS) is 13.5. The Labute approximate surface area is 160 Å². The van der Waals surface area contributed by atoms with Gasteiger partial charge in [0, 0.05) is 24.6 Å². The van der Waals surface area contributed by atoms with Crippen LogP contribution in [0.25, 0.3) is 0 Å². The van der Waals surface area contributed by atoms with Gasteiger partial charge in [0.05, 0.1) is 6.04 Å². The average molecular weight is 445 g/mol. The van der Waals surface area contributed by atoms with Gasteiger partial charge in [-0.25, -0.2) is 13.1 Å². The van der Waals surface area contributed by atoms with E-state index in [9.17, 15) is 8.42 Å². The molecule has 0 aliphatic carbocycles. The lowest BCUT2D eigenvalue weighted by atomic mass is 10.1. The van der Waals surface area contributed by atoms with E-state index in [-0.39, 0.29) is 12.6 Å². The maximum atomic E-state index is 12.0. The lowest BCUT2D eigenvalue weighted by molar-refractivity contribution is 0.582. The summed E-state index contributed by atoms with van der Waals surface area (Å²) in [5, 5.41) is 8.13. The minimum absolute atomic E-state index is 0.0459. The van der Waals surface area contributed by atoms with Gasteiger partial charge >= 0.3 is 0 Å². The first kappa shape index (κ1) is 19.9. The van der Waals surface area contributed by atoms with Gasteiger partial charge in [-0.3, -0.25) is 4.99 Å². The van der Waals surface area contributed by atoms with Gasteiger partial charge in [-0.1, -0.05) is 40.2 Å². The van der Waals surface area contributed by atoms with Crippen molar-refractivity contribution in [3.8, 4) is 0 Å². The zero-order chi connectivity index (χ0) is 18.3. The highest BCUT2D eigenvalue weighted by atomic mass is 79.9. The molecule has 0 aliphatic heterocycles. The van der Waals surface area contributed by atoms with Crippen LogP contribution in [0.4, 0.5) is 0 Å². The molecule has 136 valence electrons. The van der Waals surface area contributed by atoms with Gasteiger partial charge in [-0.15, -0.1) is 11.3 Å². The second-order valence-electron chi connectivity index (χ2n) is 5.22. The predicted octanol–water partition coefficient (Wildman–Crippen LogP) is 2.72. The van der Waals surface area contributed by atoms with Gasteiger partial charge in [0.1, 0.15) is 4.21 Å². The van der Waals surface area contributed by atoms with Gasteiger partial charge in [0.25, 0.3) is 0 Å². The lowest BCUT2D eigenvalue weighted by Crippen LogP contribution is -2.42. The minimum atomic E-state index is -3.43. The molecular weight excluding hydrogens is 424 g/mol. The summed E-state index contributed by atoms with van der Waals surface area (Å²) < 4.78 is 28.0.